The van der Waals surface area contributed by atoms with Crippen LogP contribution in [-0.4, -0.2) is 28.1 Å². The van der Waals surface area contributed by atoms with E-state index >= 15 is 0 Å². The lowest BCUT2D eigenvalue weighted by Gasteiger charge is -2.30. The molecule has 0 aliphatic heterocycles. The Hall–Kier alpha value is -1.71. The van der Waals surface area contributed by atoms with E-state index in [-0.39, 0.29) is 6.61 Å². The lowest BCUT2D eigenvalue weighted by molar-refractivity contribution is 0.165. The van der Waals surface area contributed by atoms with Gasteiger partial charge in [0.1, 0.15) is 0 Å². The fourth-order valence-corrected chi connectivity index (χ4v) is 3.44. The van der Waals surface area contributed by atoms with E-state index in [9.17, 15) is 5.11 Å². The van der Waals surface area contributed by atoms with Gasteiger partial charge in [0.05, 0.1) is 0 Å². The van der Waals surface area contributed by atoms with E-state index in [2.05, 4.69) is 47.1 Å². The minimum Gasteiger partial charge on any atom is -0.396 e. The molecule has 1 aromatic carbocycles. The SMILES string of the molecule is Cc1ncccc1CN(CCCO)C1CCc2ccccc21. The summed E-state index contributed by atoms with van der Waals surface area (Å²) in [6.45, 7) is 4.14. The van der Waals surface area contributed by atoms with Gasteiger partial charge in [-0.2, -0.15) is 0 Å². The minimum absolute atomic E-state index is 0.247. The van der Waals surface area contributed by atoms with Gasteiger partial charge in [-0.15, -0.1) is 0 Å². The fourth-order valence-electron chi connectivity index (χ4n) is 3.44. The standard InChI is InChI=1S/C19H24N2O/c1-15-17(7-4-11-20-15)14-21(12-5-13-22)19-10-9-16-6-2-3-8-18(16)19/h2-4,6-8,11,19,22H,5,9-10,12-14H2,1H3. The highest BCUT2D eigenvalue weighted by molar-refractivity contribution is 5.34. The molecule has 2 aromatic rings. The van der Waals surface area contributed by atoms with Crippen molar-refractivity contribution in [1.29, 1.82) is 0 Å². The lowest BCUT2D eigenvalue weighted by Crippen LogP contribution is -2.29. The van der Waals surface area contributed by atoms with Crippen LogP contribution < -0.4 is 0 Å². The third-order valence-corrected chi connectivity index (χ3v) is 4.64. The van der Waals surface area contributed by atoms with Crippen LogP contribution in [0.3, 0.4) is 0 Å². The molecule has 3 nitrogen and oxygen atoms in total. The molecule has 1 aliphatic carbocycles. The number of rotatable bonds is 6. The highest BCUT2D eigenvalue weighted by atomic mass is 16.3. The van der Waals surface area contributed by atoms with E-state index in [4.69, 9.17) is 0 Å². The first kappa shape index (κ1) is 15.2. The molecule has 1 aliphatic rings. The van der Waals surface area contributed by atoms with Crippen molar-refractivity contribution in [3.05, 3.63) is 65.0 Å². The number of aliphatic hydroxyl groups excluding tert-OH is 1. The number of pyridine rings is 1. The molecule has 0 saturated heterocycles. The van der Waals surface area contributed by atoms with Crippen LogP contribution in [0, 0.1) is 6.92 Å². The van der Waals surface area contributed by atoms with E-state index in [1.807, 2.05) is 12.3 Å². The summed E-state index contributed by atoms with van der Waals surface area (Å²) < 4.78 is 0. The molecule has 0 saturated carbocycles. The van der Waals surface area contributed by atoms with Gasteiger partial charge in [-0.05, 0) is 48.9 Å². The molecule has 3 rings (SSSR count). The van der Waals surface area contributed by atoms with Gasteiger partial charge < -0.3 is 5.11 Å². The number of aromatic nitrogens is 1. The Morgan fingerprint density at radius 1 is 1.23 bits per heavy atom. The van der Waals surface area contributed by atoms with Gasteiger partial charge in [-0.25, -0.2) is 0 Å². The first-order chi connectivity index (χ1) is 10.8. The molecule has 1 heterocycles. The van der Waals surface area contributed by atoms with E-state index in [1.165, 1.54) is 23.1 Å². The first-order valence-corrected chi connectivity index (χ1v) is 8.13. The summed E-state index contributed by atoms with van der Waals surface area (Å²) in [5, 5.41) is 9.23. The van der Waals surface area contributed by atoms with Crippen LogP contribution in [0.15, 0.2) is 42.6 Å². The number of fused-ring (bicyclic) bond motifs is 1. The lowest BCUT2D eigenvalue weighted by atomic mass is 10.1. The second-order valence-corrected chi connectivity index (χ2v) is 6.05. The molecule has 116 valence electrons. The van der Waals surface area contributed by atoms with Gasteiger partial charge >= 0.3 is 0 Å². The molecule has 0 amide bonds. The van der Waals surface area contributed by atoms with E-state index < -0.39 is 0 Å². The number of hydrogen-bond donors (Lipinski definition) is 1. The first-order valence-electron chi connectivity index (χ1n) is 8.13. The highest BCUT2D eigenvalue weighted by Gasteiger charge is 2.27. The molecular weight excluding hydrogens is 272 g/mol. The zero-order chi connectivity index (χ0) is 15.4. The predicted molar refractivity (Wildman–Crippen MR) is 88.6 cm³/mol. The van der Waals surface area contributed by atoms with Crippen molar-refractivity contribution in [3.63, 3.8) is 0 Å². The summed E-state index contributed by atoms with van der Waals surface area (Å²) in [4.78, 5) is 6.91. The number of nitrogens with zero attached hydrogens (tertiary/aromatic N) is 2. The normalized spacial score (nSPS) is 17.0. The van der Waals surface area contributed by atoms with Crippen molar-refractivity contribution in [2.45, 2.75) is 38.8 Å². The average Bonchev–Trinajstić information content (AvgIpc) is 2.97. The quantitative estimate of drug-likeness (QED) is 0.889. The third-order valence-electron chi connectivity index (χ3n) is 4.64. The second kappa shape index (κ2) is 7.03. The average molecular weight is 296 g/mol. The summed E-state index contributed by atoms with van der Waals surface area (Å²) in [5.41, 5.74) is 5.32. The summed E-state index contributed by atoms with van der Waals surface area (Å²) >= 11 is 0. The maximum absolute atomic E-state index is 9.23. The topological polar surface area (TPSA) is 36.4 Å². The van der Waals surface area contributed by atoms with E-state index in [0.717, 1.165) is 31.6 Å². The summed E-state index contributed by atoms with van der Waals surface area (Å²) in [6.07, 6.45) is 4.99. The van der Waals surface area contributed by atoms with Crippen molar-refractivity contribution in [2.75, 3.05) is 13.2 Å². The monoisotopic (exact) mass is 296 g/mol. The Morgan fingerprint density at radius 2 is 2.09 bits per heavy atom. The van der Waals surface area contributed by atoms with Crippen molar-refractivity contribution >= 4 is 0 Å². The van der Waals surface area contributed by atoms with Crippen LogP contribution in [-0.2, 0) is 13.0 Å². The third kappa shape index (κ3) is 3.21. The molecule has 1 N–H and O–H groups in total. The van der Waals surface area contributed by atoms with Crippen LogP contribution in [0.25, 0.3) is 0 Å². The molecule has 3 heteroatoms. The molecule has 1 aromatic heterocycles. The fraction of sp³-hybridized carbons (Fsp3) is 0.421. The Balaban J connectivity index is 1.83. The smallest absolute Gasteiger partial charge is 0.0443 e. The summed E-state index contributed by atoms with van der Waals surface area (Å²) in [6, 6.07) is 13.4. The molecule has 0 spiro atoms. The largest absolute Gasteiger partial charge is 0.396 e. The van der Waals surface area contributed by atoms with Crippen LogP contribution in [0.4, 0.5) is 0 Å². The Kier molecular flexibility index (Phi) is 4.86. The number of hydrogen-bond acceptors (Lipinski definition) is 3. The van der Waals surface area contributed by atoms with Crippen LogP contribution in [0.5, 0.6) is 0 Å². The highest BCUT2D eigenvalue weighted by Crippen LogP contribution is 2.36. The zero-order valence-corrected chi connectivity index (χ0v) is 13.2. The second-order valence-electron chi connectivity index (χ2n) is 6.05. The number of aliphatic hydroxyl groups is 1. The number of aryl methyl sites for hydroxylation is 2. The maximum atomic E-state index is 9.23. The van der Waals surface area contributed by atoms with Gasteiger partial charge in [-0.3, -0.25) is 9.88 Å². The van der Waals surface area contributed by atoms with Crippen LogP contribution in [0.1, 0.15) is 41.3 Å². The van der Waals surface area contributed by atoms with Crippen LogP contribution >= 0.6 is 0 Å². The van der Waals surface area contributed by atoms with Crippen molar-refractivity contribution in [3.8, 4) is 0 Å². The van der Waals surface area contributed by atoms with E-state index in [0.29, 0.717) is 6.04 Å². The summed E-state index contributed by atoms with van der Waals surface area (Å²) in [5.74, 6) is 0. The van der Waals surface area contributed by atoms with E-state index in [1.54, 1.807) is 0 Å². The summed E-state index contributed by atoms with van der Waals surface area (Å²) in [7, 11) is 0. The van der Waals surface area contributed by atoms with Crippen molar-refractivity contribution in [2.24, 2.45) is 0 Å². The molecule has 0 fully saturated rings. The van der Waals surface area contributed by atoms with Gasteiger partial charge in [-0.1, -0.05) is 30.3 Å². The Morgan fingerprint density at radius 3 is 2.91 bits per heavy atom. The van der Waals surface area contributed by atoms with Gasteiger partial charge in [0.15, 0.2) is 0 Å². The molecule has 0 bridgehead atoms. The van der Waals surface area contributed by atoms with Gasteiger partial charge in [0.25, 0.3) is 0 Å². The Bertz CT molecular complexity index is 626. The molecule has 1 atom stereocenters. The zero-order valence-electron chi connectivity index (χ0n) is 13.2. The molecule has 1 unspecified atom stereocenters. The molecular formula is C19H24N2O. The molecule has 0 radical (unpaired) electrons. The van der Waals surface area contributed by atoms with Gasteiger partial charge in [0.2, 0.25) is 0 Å². The maximum Gasteiger partial charge on any atom is 0.0443 e. The Labute approximate surface area is 132 Å². The van der Waals surface area contributed by atoms with Crippen molar-refractivity contribution < 1.29 is 5.11 Å². The van der Waals surface area contributed by atoms with Crippen LogP contribution in [0.2, 0.25) is 0 Å². The molecule has 22 heavy (non-hydrogen) atoms. The van der Waals surface area contributed by atoms with Gasteiger partial charge in [0, 0.05) is 37.6 Å². The minimum atomic E-state index is 0.247. The van der Waals surface area contributed by atoms with Crippen molar-refractivity contribution in [1.82, 2.24) is 9.88 Å². The number of benzene rings is 1. The predicted octanol–water partition coefficient (Wildman–Crippen LogP) is 3.26.